The predicted octanol–water partition coefficient (Wildman–Crippen LogP) is 14.9. The average molecular weight is 750 g/mol. The molecule has 10 aromatic carbocycles. The van der Waals surface area contributed by atoms with Crippen molar-refractivity contribution in [2.45, 2.75) is 0 Å². The van der Waals surface area contributed by atoms with Gasteiger partial charge in [-0.25, -0.2) is 9.97 Å². The summed E-state index contributed by atoms with van der Waals surface area (Å²) < 4.78 is 2.26. The van der Waals surface area contributed by atoms with E-state index in [0.29, 0.717) is 0 Å². The van der Waals surface area contributed by atoms with Gasteiger partial charge in [0.2, 0.25) is 0 Å². The van der Waals surface area contributed by atoms with Crippen molar-refractivity contribution in [1.82, 2.24) is 14.5 Å². The van der Waals surface area contributed by atoms with E-state index in [9.17, 15) is 0 Å². The molecule has 59 heavy (non-hydrogen) atoms. The topological polar surface area (TPSA) is 30.7 Å². The summed E-state index contributed by atoms with van der Waals surface area (Å²) in [5.74, 6) is 0.914. The van der Waals surface area contributed by atoms with Crippen molar-refractivity contribution in [3.8, 4) is 50.6 Å². The van der Waals surface area contributed by atoms with E-state index in [1.165, 1.54) is 54.2 Å². The number of nitrogens with zero attached hydrogens (tertiary/aromatic N) is 3. The molecule has 3 heteroatoms. The van der Waals surface area contributed by atoms with Crippen LogP contribution in [0.1, 0.15) is 0 Å². The number of hydrogen-bond donors (Lipinski definition) is 0. The van der Waals surface area contributed by atoms with Crippen LogP contribution >= 0.6 is 0 Å². The van der Waals surface area contributed by atoms with E-state index in [2.05, 4.69) is 217 Å². The number of rotatable bonds is 5. The van der Waals surface area contributed by atoms with Crippen LogP contribution in [0, 0.1) is 0 Å². The van der Waals surface area contributed by atoms with Gasteiger partial charge in [0.05, 0.1) is 22.2 Å². The van der Waals surface area contributed by atoms with E-state index in [-0.39, 0.29) is 0 Å². The highest BCUT2D eigenvalue weighted by Crippen LogP contribution is 2.41. The summed E-state index contributed by atoms with van der Waals surface area (Å²) in [6.45, 7) is 0. The summed E-state index contributed by atoms with van der Waals surface area (Å²) in [6, 6.07) is 76.4. The Kier molecular flexibility index (Phi) is 7.54. The first-order valence-corrected chi connectivity index (χ1v) is 20.2. The van der Waals surface area contributed by atoms with Gasteiger partial charge < -0.3 is 0 Å². The van der Waals surface area contributed by atoms with Crippen LogP contribution in [0.25, 0.3) is 116 Å². The second-order valence-electron chi connectivity index (χ2n) is 15.3. The van der Waals surface area contributed by atoms with Crippen LogP contribution in [0.2, 0.25) is 0 Å². The molecule has 0 bridgehead atoms. The second-order valence-corrected chi connectivity index (χ2v) is 15.3. The number of imidazole rings is 1. The molecule has 0 unspecified atom stereocenters. The number of hydrogen-bond acceptors (Lipinski definition) is 2. The Balaban J connectivity index is 1.09. The zero-order chi connectivity index (χ0) is 38.9. The van der Waals surface area contributed by atoms with Crippen LogP contribution in [0.5, 0.6) is 0 Å². The maximum Gasteiger partial charge on any atom is 0.145 e. The fourth-order valence-corrected chi connectivity index (χ4v) is 9.19. The molecule has 0 N–H and O–H groups in total. The maximum atomic E-state index is 5.46. The van der Waals surface area contributed by atoms with Gasteiger partial charge in [0.15, 0.2) is 0 Å². The number of benzene rings is 10. The van der Waals surface area contributed by atoms with Crippen LogP contribution in [0.4, 0.5) is 0 Å². The molecule has 274 valence electrons. The predicted molar refractivity (Wildman–Crippen MR) is 248 cm³/mol. The van der Waals surface area contributed by atoms with Crippen molar-refractivity contribution in [3.63, 3.8) is 0 Å². The molecule has 2 aromatic heterocycles. The van der Waals surface area contributed by atoms with Crippen LogP contribution in [-0.4, -0.2) is 14.5 Å². The lowest BCUT2D eigenvalue weighted by Gasteiger charge is -2.16. The Bertz CT molecular complexity index is 3600. The molecule has 12 rings (SSSR count). The minimum absolute atomic E-state index is 0.914. The lowest BCUT2D eigenvalue weighted by Crippen LogP contribution is -1.97. The van der Waals surface area contributed by atoms with E-state index in [0.717, 1.165) is 61.4 Å². The largest absolute Gasteiger partial charge is 0.292 e. The zero-order valence-electron chi connectivity index (χ0n) is 32.0. The van der Waals surface area contributed by atoms with Crippen LogP contribution < -0.4 is 0 Å². The third-order valence-electron chi connectivity index (χ3n) is 12.0. The molecule has 0 radical (unpaired) electrons. The van der Waals surface area contributed by atoms with Gasteiger partial charge in [0.1, 0.15) is 5.82 Å². The van der Waals surface area contributed by atoms with Crippen LogP contribution in [-0.2, 0) is 0 Å². The van der Waals surface area contributed by atoms with E-state index in [4.69, 9.17) is 9.97 Å². The molecular formula is C56H35N3. The zero-order valence-corrected chi connectivity index (χ0v) is 32.0. The number of aromatic nitrogens is 3. The van der Waals surface area contributed by atoms with Crippen LogP contribution in [0.3, 0.4) is 0 Å². The van der Waals surface area contributed by atoms with Gasteiger partial charge in [-0.3, -0.25) is 4.57 Å². The fraction of sp³-hybridized carbons (Fsp3) is 0. The summed E-state index contributed by atoms with van der Waals surface area (Å²) in [6.07, 6.45) is 0. The third-order valence-corrected chi connectivity index (χ3v) is 12.0. The van der Waals surface area contributed by atoms with Crippen molar-refractivity contribution >= 4 is 65.0 Å². The monoisotopic (exact) mass is 749 g/mol. The lowest BCUT2D eigenvalue weighted by molar-refractivity contribution is 1.10. The Morgan fingerprint density at radius 1 is 0.305 bits per heavy atom. The molecule has 12 aromatic rings. The fourth-order valence-electron chi connectivity index (χ4n) is 9.19. The van der Waals surface area contributed by atoms with Gasteiger partial charge in [-0.05, 0) is 120 Å². The lowest BCUT2D eigenvalue weighted by atomic mass is 9.90. The molecule has 0 saturated heterocycles. The highest BCUT2D eigenvalue weighted by Gasteiger charge is 2.18. The minimum atomic E-state index is 0.914. The van der Waals surface area contributed by atoms with E-state index in [1.54, 1.807) is 0 Å². The summed E-state index contributed by atoms with van der Waals surface area (Å²) in [7, 11) is 0. The molecule has 0 fully saturated rings. The summed E-state index contributed by atoms with van der Waals surface area (Å²) in [5.41, 5.74) is 11.9. The van der Waals surface area contributed by atoms with Crippen molar-refractivity contribution in [2.75, 3.05) is 0 Å². The Morgan fingerprint density at radius 3 is 1.54 bits per heavy atom. The molecule has 0 amide bonds. The second kappa shape index (κ2) is 13.4. The Labute approximate surface area is 341 Å². The molecule has 3 nitrogen and oxygen atoms in total. The van der Waals surface area contributed by atoms with Crippen molar-refractivity contribution in [1.29, 1.82) is 0 Å². The normalized spacial score (nSPS) is 11.7. The average Bonchev–Trinajstić information content (AvgIpc) is 3.71. The highest BCUT2D eigenvalue weighted by molar-refractivity contribution is 6.16. The number of fused-ring (bicyclic) bond motifs is 8. The quantitative estimate of drug-likeness (QED) is 0.164. The van der Waals surface area contributed by atoms with Gasteiger partial charge in [-0.2, -0.15) is 0 Å². The van der Waals surface area contributed by atoms with E-state index in [1.807, 2.05) is 0 Å². The standard InChI is InChI=1S/C56H35N3/c1-2-16-41(17-3-1)59-55-25-13-12-24-53(55)58-56(59)37-28-26-36(27-29-37)49-35-54(50-33-39-15-5-7-19-43(39)45-21-9-11-23-47(45)50)57-52-31-30-40(34-51(49)52)48-32-38-14-4-6-18-42(38)44-20-8-10-22-46(44)48/h1-35H. The minimum Gasteiger partial charge on any atom is -0.292 e. The van der Waals surface area contributed by atoms with Crippen LogP contribution in [0.15, 0.2) is 212 Å². The smallest absolute Gasteiger partial charge is 0.145 e. The van der Waals surface area contributed by atoms with E-state index < -0.39 is 0 Å². The molecule has 0 aliphatic rings. The molecule has 2 heterocycles. The van der Waals surface area contributed by atoms with Gasteiger partial charge in [0.25, 0.3) is 0 Å². The van der Waals surface area contributed by atoms with E-state index >= 15 is 0 Å². The first-order chi connectivity index (χ1) is 29.2. The van der Waals surface area contributed by atoms with Gasteiger partial charge in [0, 0.05) is 22.2 Å². The van der Waals surface area contributed by atoms with Gasteiger partial charge in [-0.15, -0.1) is 0 Å². The number of pyridine rings is 1. The summed E-state index contributed by atoms with van der Waals surface area (Å²) >= 11 is 0. The molecule has 0 aliphatic heterocycles. The first kappa shape index (κ1) is 33.3. The third kappa shape index (κ3) is 5.44. The Morgan fingerprint density at radius 2 is 0.831 bits per heavy atom. The molecular weight excluding hydrogens is 715 g/mol. The Hall–Kier alpha value is -7.88. The summed E-state index contributed by atoms with van der Waals surface area (Å²) in [4.78, 5) is 10.6. The molecule has 0 spiro atoms. The maximum absolute atomic E-state index is 5.46. The first-order valence-electron chi connectivity index (χ1n) is 20.2. The molecule has 0 saturated carbocycles. The van der Waals surface area contributed by atoms with Crippen molar-refractivity contribution in [3.05, 3.63) is 212 Å². The number of para-hydroxylation sites is 3. The SMILES string of the molecule is c1ccc(-n2c(-c3ccc(-c4cc(-c5cc6ccccc6c6ccccc56)nc5ccc(-c6cc7ccccc7c7ccccc67)cc45)cc3)nc3ccccc32)cc1. The van der Waals surface area contributed by atoms with Gasteiger partial charge in [-0.1, -0.05) is 158 Å². The van der Waals surface area contributed by atoms with Crippen molar-refractivity contribution < 1.29 is 0 Å². The molecule has 0 atom stereocenters. The van der Waals surface area contributed by atoms with Gasteiger partial charge >= 0.3 is 0 Å². The van der Waals surface area contributed by atoms with Crippen molar-refractivity contribution in [2.24, 2.45) is 0 Å². The summed E-state index contributed by atoms with van der Waals surface area (Å²) in [5, 5.41) is 11.0. The molecule has 0 aliphatic carbocycles. The highest BCUT2D eigenvalue weighted by atomic mass is 15.1.